The van der Waals surface area contributed by atoms with Crippen LogP contribution in [0.15, 0.2) is 60.4 Å². The van der Waals surface area contributed by atoms with Gasteiger partial charge in [-0.05, 0) is 44.0 Å². The van der Waals surface area contributed by atoms with Crippen LogP contribution in [-0.2, 0) is 4.79 Å². The van der Waals surface area contributed by atoms with Crippen LogP contribution in [0, 0.1) is 5.82 Å². The van der Waals surface area contributed by atoms with E-state index in [9.17, 15) is 14.3 Å². The first-order valence-corrected chi connectivity index (χ1v) is 13.2. The highest BCUT2D eigenvalue weighted by atomic mass is 35.5. The van der Waals surface area contributed by atoms with Gasteiger partial charge >= 0.3 is 0 Å². The summed E-state index contributed by atoms with van der Waals surface area (Å²) >= 11 is 6.74. The van der Waals surface area contributed by atoms with Crippen LogP contribution < -0.4 is 4.90 Å². The zero-order valence-corrected chi connectivity index (χ0v) is 22.1. The predicted octanol–water partition coefficient (Wildman–Crippen LogP) is 4.10. The van der Waals surface area contributed by atoms with Crippen LogP contribution in [0.2, 0.25) is 5.02 Å². The van der Waals surface area contributed by atoms with Gasteiger partial charge in [0.2, 0.25) is 12.3 Å². The maximum Gasteiger partial charge on any atom is 0.246 e. The van der Waals surface area contributed by atoms with Gasteiger partial charge in [-0.15, -0.1) is 0 Å². The number of carbonyl (C=O) groups is 1. The molecule has 6 rings (SSSR count). The second-order valence-electron chi connectivity index (χ2n) is 9.91. The van der Waals surface area contributed by atoms with E-state index in [2.05, 4.69) is 21.5 Å². The van der Waals surface area contributed by atoms with Crippen LogP contribution in [0.1, 0.15) is 36.9 Å². The van der Waals surface area contributed by atoms with Gasteiger partial charge in [0.05, 0.1) is 22.0 Å². The van der Waals surface area contributed by atoms with Crippen molar-refractivity contribution in [2.24, 2.45) is 4.99 Å². The molecule has 39 heavy (non-hydrogen) atoms. The monoisotopic (exact) mass is 547 g/mol. The van der Waals surface area contributed by atoms with E-state index in [-0.39, 0.29) is 34.1 Å². The summed E-state index contributed by atoms with van der Waals surface area (Å²) in [5.41, 5.74) is 1.83. The third-order valence-corrected chi connectivity index (χ3v) is 7.60. The Labute approximate surface area is 230 Å². The normalized spacial score (nSPS) is 20.9. The van der Waals surface area contributed by atoms with Gasteiger partial charge in [0.25, 0.3) is 0 Å². The fourth-order valence-corrected chi connectivity index (χ4v) is 5.48. The van der Waals surface area contributed by atoms with Crippen LogP contribution in [0.4, 0.5) is 16.0 Å². The van der Waals surface area contributed by atoms with Crippen LogP contribution in [-0.4, -0.2) is 73.6 Å². The van der Waals surface area contributed by atoms with Gasteiger partial charge < -0.3 is 14.9 Å². The molecule has 11 heteroatoms. The molecule has 0 spiro atoms. The SMILES string of the molecule is C=CC(=O)N1CCN(C2=NC(O)N(c3nccnc3C3CC3)c3nc(-c4ccccc4F)c(Cl)cc32)[C@@H](C)C1. The Balaban J connectivity index is 1.49. The summed E-state index contributed by atoms with van der Waals surface area (Å²) in [5.74, 6) is 0.961. The maximum absolute atomic E-state index is 14.9. The second-order valence-corrected chi connectivity index (χ2v) is 10.3. The lowest BCUT2D eigenvalue weighted by Gasteiger charge is -2.43. The van der Waals surface area contributed by atoms with E-state index >= 15 is 0 Å². The fraction of sp³-hybridized carbons (Fsp3) is 0.321. The number of aliphatic hydroxyl groups is 1. The molecule has 3 aliphatic rings. The molecular weight excluding hydrogens is 521 g/mol. The number of piperazine rings is 1. The summed E-state index contributed by atoms with van der Waals surface area (Å²) in [7, 11) is 0. The first-order chi connectivity index (χ1) is 18.9. The molecule has 1 aliphatic carbocycles. The minimum absolute atomic E-state index is 0.114. The first kappa shape index (κ1) is 25.4. The number of benzene rings is 1. The van der Waals surface area contributed by atoms with Gasteiger partial charge in [0, 0.05) is 49.6 Å². The molecule has 2 fully saturated rings. The molecule has 200 valence electrons. The summed E-state index contributed by atoms with van der Waals surface area (Å²) in [6.45, 7) is 6.99. The van der Waals surface area contributed by atoms with Crippen molar-refractivity contribution < 1.29 is 14.3 Å². The Morgan fingerprint density at radius 2 is 1.92 bits per heavy atom. The van der Waals surface area contributed by atoms with E-state index < -0.39 is 12.2 Å². The number of nitrogens with zero attached hydrogens (tertiary/aromatic N) is 7. The number of hydrogen-bond acceptors (Lipinski definition) is 8. The van der Waals surface area contributed by atoms with Crippen molar-refractivity contribution in [2.75, 3.05) is 24.5 Å². The number of pyridine rings is 1. The van der Waals surface area contributed by atoms with Crippen molar-refractivity contribution in [3.05, 3.63) is 77.5 Å². The number of carbonyl (C=O) groups excluding carboxylic acids is 1. The van der Waals surface area contributed by atoms with E-state index in [4.69, 9.17) is 16.6 Å². The number of aliphatic hydroxyl groups excluding tert-OH is 1. The molecule has 1 unspecified atom stereocenters. The molecule has 2 atom stereocenters. The predicted molar refractivity (Wildman–Crippen MR) is 146 cm³/mol. The average Bonchev–Trinajstić information content (AvgIpc) is 3.78. The molecule has 0 bridgehead atoms. The molecular formula is C28H27ClFN7O2. The zero-order valence-electron chi connectivity index (χ0n) is 21.3. The molecule has 1 saturated heterocycles. The van der Waals surface area contributed by atoms with Gasteiger partial charge in [0.1, 0.15) is 17.5 Å². The third-order valence-electron chi connectivity index (χ3n) is 7.31. The average molecular weight is 548 g/mol. The highest BCUT2D eigenvalue weighted by Gasteiger charge is 2.40. The highest BCUT2D eigenvalue weighted by Crippen LogP contribution is 2.46. The summed E-state index contributed by atoms with van der Waals surface area (Å²) < 4.78 is 14.9. The van der Waals surface area contributed by atoms with E-state index in [1.54, 1.807) is 46.5 Å². The number of hydrogen-bond donors (Lipinski definition) is 1. The van der Waals surface area contributed by atoms with Crippen molar-refractivity contribution in [3.63, 3.8) is 0 Å². The summed E-state index contributed by atoms with van der Waals surface area (Å²) in [6.07, 6.45) is 5.12. The van der Waals surface area contributed by atoms with Crippen molar-refractivity contribution in [1.29, 1.82) is 0 Å². The summed E-state index contributed by atoms with van der Waals surface area (Å²) in [4.78, 5) is 36.2. The minimum atomic E-state index is -1.36. The molecule has 4 heterocycles. The lowest BCUT2D eigenvalue weighted by atomic mass is 10.0. The topological polar surface area (TPSA) is 98.1 Å². The van der Waals surface area contributed by atoms with E-state index in [1.807, 2.05) is 11.8 Å². The van der Waals surface area contributed by atoms with Crippen LogP contribution in [0.3, 0.4) is 0 Å². The van der Waals surface area contributed by atoms with Crippen LogP contribution >= 0.6 is 11.6 Å². The number of aromatic nitrogens is 3. The molecule has 9 nitrogen and oxygen atoms in total. The number of rotatable bonds is 4. The molecule has 2 aliphatic heterocycles. The van der Waals surface area contributed by atoms with E-state index in [1.165, 1.54) is 12.1 Å². The maximum atomic E-state index is 14.9. The third kappa shape index (κ3) is 4.53. The van der Waals surface area contributed by atoms with Gasteiger partial charge in [-0.1, -0.05) is 30.3 Å². The molecule has 1 amide bonds. The van der Waals surface area contributed by atoms with E-state index in [0.29, 0.717) is 42.7 Å². The van der Waals surface area contributed by atoms with Crippen molar-refractivity contribution >= 4 is 35.0 Å². The number of amides is 1. The van der Waals surface area contributed by atoms with E-state index in [0.717, 1.165) is 18.5 Å². The van der Waals surface area contributed by atoms with Crippen LogP contribution in [0.5, 0.6) is 0 Å². The number of fused-ring (bicyclic) bond motifs is 1. The van der Waals surface area contributed by atoms with Gasteiger partial charge in [-0.3, -0.25) is 14.7 Å². The largest absolute Gasteiger partial charge is 0.355 e. The van der Waals surface area contributed by atoms with Gasteiger partial charge in [-0.2, -0.15) is 0 Å². The molecule has 1 saturated carbocycles. The Hall–Kier alpha value is -3.89. The quantitative estimate of drug-likeness (QED) is 0.491. The second kappa shape index (κ2) is 10.0. The lowest BCUT2D eigenvalue weighted by molar-refractivity contribution is -0.128. The lowest BCUT2D eigenvalue weighted by Crippen LogP contribution is -2.56. The Kier molecular flexibility index (Phi) is 6.52. The Morgan fingerprint density at radius 3 is 2.64 bits per heavy atom. The van der Waals surface area contributed by atoms with Crippen molar-refractivity contribution in [1.82, 2.24) is 24.8 Å². The Bertz CT molecular complexity index is 1490. The first-order valence-electron chi connectivity index (χ1n) is 12.9. The minimum Gasteiger partial charge on any atom is -0.355 e. The molecule has 1 N–H and O–H groups in total. The molecule has 3 aromatic rings. The summed E-state index contributed by atoms with van der Waals surface area (Å²) in [6, 6.07) is 7.89. The van der Waals surface area contributed by atoms with Gasteiger partial charge in [0.15, 0.2) is 5.82 Å². The number of anilines is 2. The van der Waals surface area contributed by atoms with Crippen molar-refractivity contribution in [2.45, 2.75) is 38.1 Å². The molecule has 0 radical (unpaired) electrons. The molecule has 2 aromatic heterocycles. The highest BCUT2D eigenvalue weighted by molar-refractivity contribution is 6.33. The molecule has 1 aromatic carbocycles. The smallest absolute Gasteiger partial charge is 0.246 e. The standard InChI is InChI=1S/C28H27ClFN7O2/c1-3-22(38)35-12-13-36(16(2)15-35)25-19-14-20(29)24(18-6-4-5-7-21(18)30)33-26(19)37(28(39)34-25)27-23(17-8-9-17)31-10-11-32-27/h3-7,10-11,14,16-17,28,39H,1,8-9,12-13,15H2,2H3/t16-,28?/m0/s1. The van der Waals surface area contributed by atoms with Crippen molar-refractivity contribution in [3.8, 4) is 11.3 Å². The van der Waals surface area contributed by atoms with Gasteiger partial charge in [-0.25, -0.2) is 19.4 Å². The number of halogens is 2. The Morgan fingerprint density at radius 1 is 1.15 bits per heavy atom. The summed E-state index contributed by atoms with van der Waals surface area (Å²) in [5, 5.41) is 11.7. The zero-order chi connectivity index (χ0) is 27.3. The fourth-order valence-electron chi connectivity index (χ4n) is 5.23. The number of amidine groups is 1. The number of aliphatic imine (C=N–C) groups is 1. The van der Waals surface area contributed by atoms with Crippen LogP contribution in [0.25, 0.3) is 11.3 Å².